The number of carbonyl (C=O) groups excluding carboxylic acids is 1. The number of aliphatic imine (C=N–C) groups is 1. The number of amides is 1. The van der Waals surface area contributed by atoms with Gasteiger partial charge in [-0.05, 0) is 62.4 Å². The van der Waals surface area contributed by atoms with E-state index in [0.717, 1.165) is 19.3 Å². The number of benzene rings is 1. The molecule has 5 unspecified atom stereocenters. The van der Waals surface area contributed by atoms with Gasteiger partial charge < -0.3 is 15.8 Å². The normalized spacial score (nSPS) is 29.1. The molecule has 0 spiro atoms. The lowest BCUT2D eigenvalue weighted by Crippen LogP contribution is -2.63. The number of rotatable bonds is 11. The van der Waals surface area contributed by atoms with Crippen LogP contribution in [-0.4, -0.2) is 65.1 Å². The highest BCUT2D eigenvalue weighted by molar-refractivity contribution is 8.17. The summed E-state index contributed by atoms with van der Waals surface area (Å²) < 4.78 is 46.1. The van der Waals surface area contributed by atoms with Crippen molar-refractivity contribution in [2.45, 2.75) is 67.4 Å². The van der Waals surface area contributed by atoms with Crippen LogP contribution in [0.25, 0.3) is 0 Å². The molecule has 0 saturated heterocycles. The Morgan fingerprint density at radius 1 is 1.27 bits per heavy atom. The topological polar surface area (TPSA) is 124 Å². The number of pyridine rings is 1. The Morgan fingerprint density at radius 2 is 2.05 bits per heavy atom. The highest BCUT2D eigenvalue weighted by Gasteiger charge is 2.75. The molecule has 3 aliphatic rings. The molecule has 3 heterocycles. The van der Waals surface area contributed by atoms with Gasteiger partial charge in [-0.25, -0.2) is 22.8 Å². The minimum absolute atomic E-state index is 0.198. The Kier molecular flexibility index (Phi) is 7.33. The number of quaternary nitrogens is 1. The molecule has 1 aromatic carbocycles. The summed E-state index contributed by atoms with van der Waals surface area (Å²) in [6, 6.07) is 7.71. The monoisotopic (exact) mass is 590 g/mol. The van der Waals surface area contributed by atoms with E-state index in [-0.39, 0.29) is 16.4 Å². The standard InChI is InChI=1S/C28H36FN5O4S2/c1-5-6-7-21(40(4,36)37)12-13-27-14-15-28(27,33-26(30)34(2)18-39(27)34)22-16-19(8-10-23(22)29)32-25(35)24-11-9-20(38-3)17-31-24/h8-11,16-18,21H,5-7,12-15H2,1-4H3,(H2-,30,32,33,35)/p+1. The van der Waals surface area contributed by atoms with E-state index in [1.165, 1.54) is 31.7 Å². The van der Waals surface area contributed by atoms with E-state index >= 15 is 4.39 Å². The first-order chi connectivity index (χ1) is 18.9. The number of carbonyl (C=O) groups is 1. The molecule has 0 bridgehead atoms. The van der Waals surface area contributed by atoms with Gasteiger partial charge in [0.1, 0.15) is 32.6 Å². The number of unbranched alkanes of at least 4 members (excludes halogenated alkanes) is 1. The summed E-state index contributed by atoms with van der Waals surface area (Å²) >= 11 is 0. The molecule has 1 aliphatic carbocycles. The van der Waals surface area contributed by atoms with Crippen molar-refractivity contribution in [1.29, 1.82) is 0 Å². The average molecular weight is 591 g/mol. The molecule has 3 N–H and O–H groups in total. The molecular weight excluding hydrogens is 553 g/mol. The van der Waals surface area contributed by atoms with Crippen molar-refractivity contribution in [2.75, 3.05) is 25.7 Å². The number of anilines is 1. The first-order valence-electron chi connectivity index (χ1n) is 13.5. The third kappa shape index (κ3) is 4.63. The second-order valence-corrected chi connectivity index (χ2v) is 15.8. The highest BCUT2D eigenvalue weighted by Crippen LogP contribution is 2.73. The van der Waals surface area contributed by atoms with Crippen LogP contribution in [0.5, 0.6) is 5.75 Å². The summed E-state index contributed by atoms with van der Waals surface area (Å²) in [5.41, 5.74) is 8.70. The van der Waals surface area contributed by atoms with E-state index in [2.05, 4.69) is 22.7 Å². The second kappa shape index (κ2) is 10.2. The van der Waals surface area contributed by atoms with Crippen molar-refractivity contribution >= 4 is 43.6 Å². The summed E-state index contributed by atoms with van der Waals surface area (Å²) in [5, 5.41) is 2.38. The van der Waals surface area contributed by atoms with Crippen molar-refractivity contribution in [3.05, 3.63) is 53.6 Å². The van der Waals surface area contributed by atoms with Crippen molar-refractivity contribution in [3.8, 4) is 5.75 Å². The van der Waals surface area contributed by atoms with Gasteiger partial charge in [0.15, 0.2) is 5.49 Å². The number of nitrogens with two attached hydrogens (primary N) is 1. The molecule has 2 aliphatic heterocycles. The van der Waals surface area contributed by atoms with Gasteiger partial charge in [0, 0.05) is 17.5 Å². The lowest BCUT2D eigenvalue weighted by atomic mass is 9.60. The summed E-state index contributed by atoms with van der Waals surface area (Å²) in [6.45, 7) is 2.05. The fraction of sp³-hybridized carbons (Fsp3) is 0.500. The predicted octanol–water partition coefficient (Wildman–Crippen LogP) is 4.33. The average Bonchev–Trinajstić information content (AvgIpc) is 3.61. The Balaban J connectivity index is 1.49. The predicted molar refractivity (Wildman–Crippen MR) is 158 cm³/mol. The van der Waals surface area contributed by atoms with Gasteiger partial charge in [-0.1, -0.05) is 19.8 Å². The fourth-order valence-corrected chi connectivity index (χ4v) is 10.3. The van der Waals surface area contributed by atoms with E-state index in [1.54, 1.807) is 18.2 Å². The molecular formula is C28H37FN5O4S2+. The Bertz CT molecular complexity index is 1510. The summed E-state index contributed by atoms with van der Waals surface area (Å²) in [5.74, 6) is 0.108. The zero-order valence-electron chi connectivity index (χ0n) is 23.3. The molecule has 9 nitrogen and oxygen atoms in total. The van der Waals surface area contributed by atoms with Gasteiger partial charge in [-0.3, -0.25) is 4.79 Å². The number of nitrogens with one attached hydrogen (secondary N) is 1. The number of hydrogen-bond donors (Lipinski definition) is 2. The molecule has 0 radical (unpaired) electrons. The largest absolute Gasteiger partial charge is 0.495 e. The number of aromatic nitrogens is 1. The van der Waals surface area contributed by atoms with E-state index in [1.807, 2.05) is 7.05 Å². The SMILES string of the molecule is CCCCC(CCC12CCC1(c1cc(NC(=O)c3ccc(OC)cn3)ccc1F)N=C(N)[N+]1(C)C=S21)S(C)(=O)=O. The summed E-state index contributed by atoms with van der Waals surface area (Å²) in [6.07, 6.45) is 7.63. The number of sulfone groups is 1. The zero-order chi connectivity index (χ0) is 28.9. The third-order valence-corrected chi connectivity index (χ3v) is 13.4. The van der Waals surface area contributed by atoms with Gasteiger partial charge >= 0.3 is 5.96 Å². The van der Waals surface area contributed by atoms with E-state index in [9.17, 15) is 13.2 Å². The second-order valence-electron chi connectivity index (χ2n) is 11.1. The molecule has 1 amide bonds. The van der Waals surface area contributed by atoms with Gasteiger partial charge in [-0.2, -0.15) is 3.89 Å². The maximum absolute atomic E-state index is 15.7. The number of halogens is 1. The van der Waals surface area contributed by atoms with Crippen molar-refractivity contribution in [2.24, 2.45) is 10.7 Å². The molecule has 5 atom stereocenters. The Hall–Kier alpha value is -2.83. The van der Waals surface area contributed by atoms with Gasteiger partial charge in [0.25, 0.3) is 5.91 Å². The number of fused-ring (bicyclic) bond motifs is 3. The van der Waals surface area contributed by atoms with Crippen molar-refractivity contribution in [1.82, 2.24) is 4.98 Å². The Labute approximate surface area is 237 Å². The number of hydrogen-bond acceptors (Lipinski definition) is 7. The molecule has 1 saturated carbocycles. The number of methoxy groups -OCH3 is 1. The van der Waals surface area contributed by atoms with Crippen LogP contribution in [0, 0.1) is 5.82 Å². The maximum Gasteiger partial charge on any atom is 0.312 e. The number of guanidine groups is 1. The Morgan fingerprint density at radius 3 is 2.65 bits per heavy atom. The molecule has 1 fully saturated rings. The van der Waals surface area contributed by atoms with Crippen LogP contribution in [0.15, 0.2) is 41.5 Å². The van der Waals surface area contributed by atoms with E-state index in [4.69, 9.17) is 15.5 Å². The maximum atomic E-state index is 15.7. The summed E-state index contributed by atoms with van der Waals surface area (Å²) in [7, 11) is -0.0420. The van der Waals surface area contributed by atoms with Gasteiger partial charge in [0.2, 0.25) is 0 Å². The van der Waals surface area contributed by atoms with E-state index < -0.39 is 37.1 Å². The molecule has 5 rings (SSSR count). The van der Waals surface area contributed by atoms with E-state index in [0.29, 0.717) is 52.5 Å². The van der Waals surface area contributed by atoms with Crippen molar-refractivity contribution in [3.63, 3.8) is 0 Å². The first kappa shape index (κ1) is 28.7. The van der Waals surface area contributed by atoms with Gasteiger partial charge in [-0.15, -0.1) is 0 Å². The third-order valence-electron chi connectivity index (χ3n) is 8.70. The van der Waals surface area contributed by atoms with Crippen molar-refractivity contribution < 1.29 is 26.2 Å². The lowest BCUT2D eigenvalue weighted by molar-refractivity contribution is -0.530. The minimum Gasteiger partial charge on any atom is -0.495 e. The van der Waals surface area contributed by atoms with Gasteiger partial charge in [0.05, 0.1) is 41.0 Å². The van der Waals surface area contributed by atoms with Crippen LogP contribution in [0.2, 0.25) is 0 Å². The smallest absolute Gasteiger partial charge is 0.312 e. The highest BCUT2D eigenvalue weighted by atomic mass is 32.2. The fourth-order valence-electron chi connectivity index (χ4n) is 6.19. The zero-order valence-corrected chi connectivity index (χ0v) is 24.9. The molecule has 12 heteroatoms. The number of ether oxygens (including phenoxy) is 1. The van der Waals surface area contributed by atoms with Crippen LogP contribution in [0.3, 0.4) is 0 Å². The number of nitrogens with zero attached hydrogens (tertiary/aromatic N) is 3. The van der Waals surface area contributed by atoms with Crippen LogP contribution < -0.4 is 15.8 Å². The van der Waals surface area contributed by atoms with Crippen LogP contribution in [0.4, 0.5) is 10.1 Å². The quantitative estimate of drug-likeness (QED) is 0.297. The molecule has 1 aromatic heterocycles. The first-order valence-corrected chi connectivity index (χ1v) is 16.7. The molecule has 216 valence electrons. The van der Waals surface area contributed by atoms with Crippen LogP contribution in [-0.2, 0) is 15.4 Å². The van der Waals surface area contributed by atoms with Crippen LogP contribution in [0.1, 0.15) is 67.9 Å². The summed E-state index contributed by atoms with van der Waals surface area (Å²) in [4.78, 5) is 22.0. The molecule has 40 heavy (non-hydrogen) atoms. The van der Waals surface area contributed by atoms with Crippen LogP contribution >= 0.6 is 10.7 Å². The molecule has 2 aromatic rings. The lowest BCUT2D eigenvalue weighted by Gasteiger charge is -2.57. The minimum atomic E-state index is -3.24.